The molecule has 2 aliphatic rings. The number of aliphatic carboxylic acids is 1. The highest BCUT2D eigenvalue weighted by Crippen LogP contribution is 2.22. The van der Waals surface area contributed by atoms with Crippen molar-refractivity contribution in [1.29, 1.82) is 0 Å². The van der Waals surface area contributed by atoms with Gasteiger partial charge in [-0.1, -0.05) is 0 Å². The zero-order valence-corrected chi connectivity index (χ0v) is 9.26. The molecule has 0 aromatic rings. The normalized spacial score (nSPS) is 30.5. The SMILES string of the molecule is O=C(O)/C=C/NCC1CN2CCCC2CO1. The number of hydrogen-bond donors (Lipinski definition) is 2. The average Bonchev–Trinajstić information content (AvgIpc) is 2.71. The Morgan fingerprint density at radius 3 is 3.31 bits per heavy atom. The third kappa shape index (κ3) is 2.96. The first kappa shape index (κ1) is 11.4. The van der Waals surface area contributed by atoms with Crippen molar-refractivity contribution >= 4 is 5.97 Å². The molecule has 0 radical (unpaired) electrons. The first-order chi connectivity index (χ1) is 7.75. The Labute approximate surface area is 95.1 Å². The van der Waals surface area contributed by atoms with Crippen LogP contribution in [0.15, 0.2) is 12.3 Å². The van der Waals surface area contributed by atoms with Gasteiger partial charge in [-0.3, -0.25) is 4.90 Å². The molecule has 2 rings (SSSR count). The minimum atomic E-state index is -0.934. The van der Waals surface area contributed by atoms with E-state index in [9.17, 15) is 4.79 Å². The van der Waals surface area contributed by atoms with Crippen LogP contribution in [0.4, 0.5) is 0 Å². The smallest absolute Gasteiger partial charge is 0.329 e. The molecule has 0 bridgehead atoms. The topological polar surface area (TPSA) is 61.8 Å². The molecule has 2 heterocycles. The highest BCUT2D eigenvalue weighted by Gasteiger charge is 2.31. The highest BCUT2D eigenvalue weighted by atomic mass is 16.5. The van der Waals surface area contributed by atoms with Gasteiger partial charge in [0.05, 0.1) is 12.7 Å². The van der Waals surface area contributed by atoms with Gasteiger partial charge in [-0.05, 0) is 19.4 Å². The molecule has 5 nitrogen and oxygen atoms in total. The summed E-state index contributed by atoms with van der Waals surface area (Å²) in [4.78, 5) is 12.7. The fraction of sp³-hybridized carbons (Fsp3) is 0.727. The van der Waals surface area contributed by atoms with Crippen molar-refractivity contribution in [2.75, 3.05) is 26.2 Å². The van der Waals surface area contributed by atoms with Gasteiger partial charge in [-0.15, -0.1) is 0 Å². The van der Waals surface area contributed by atoms with Crippen molar-refractivity contribution < 1.29 is 14.6 Å². The molecule has 0 amide bonds. The zero-order chi connectivity index (χ0) is 11.4. The van der Waals surface area contributed by atoms with Crippen molar-refractivity contribution in [2.24, 2.45) is 0 Å². The zero-order valence-electron chi connectivity index (χ0n) is 9.26. The second kappa shape index (κ2) is 5.32. The summed E-state index contributed by atoms with van der Waals surface area (Å²) >= 11 is 0. The molecule has 2 N–H and O–H groups in total. The van der Waals surface area contributed by atoms with Gasteiger partial charge in [0.25, 0.3) is 0 Å². The average molecular weight is 226 g/mol. The Hall–Kier alpha value is -1.07. The third-order valence-corrected chi connectivity index (χ3v) is 3.15. The van der Waals surface area contributed by atoms with Crippen LogP contribution in [0.2, 0.25) is 0 Å². The molecular weight excluding hydrogens is 208 g/mol. The van der Waals surface area contributed by atoms with Gasteiger partial charge in [-0.2, -0.15) is 0 Å². The molecule has 0 aliphatic carbocycles. The van der Waals surface area contributed by atoms with Crippen LogP contribution in [0.25, 0.3) is 0 Å². The van der Waals surface area contributed by atoms with E-state index in [0.717, 1.165) is 19.2 Å². The van der Waals surface area contributed by atoms with E-state index in [0.29, 0.717) is 12.6 Å². The molecule has 0 aromatic carbocycles. The van der Waals surface area contributed by atoms with Gasteiger partial charge in [-0.25, -0.2) is 4.79 Å². The van der Waals surface area contributed by atoms with Crippen LogP contribution < -0.4 is 5.32 Å². The van der Waals surface area contributed by atoms with Crippen LogP contribution in [-0.2, 0) is 9.53 Å². The standard InChI is InChI=1S/C11H18N2O3/c14-11(15)3-4-12-6-10-7-13-5-1-2-9(13)8-16-10/h3-4,9-10,12H,1-2,5-8H2,(H,14,15)/b4-3+. The Balaban J connectivity index is 1.69. The molecule has 2 saturated heterocycles. The fourth-order valence-corrected chi connectivity index (χ4v) is 2.34. The van der Waals surface area contributed by atoms with E-state index in [1.165, 1.54) is 25.6 Å². The Morgan fingerprint density at radius 2 is 2.50 bits per heavy atom. The van der Waals surface area contributed by atoms with Crippen molar-refractivity contribution in [2.45, 2.75) is 25.0 Å². The molecule has 0 spiro atoms. The molecule has 16 heavy (non-hydrogen) atoms. The van der Waals surface area contributed by atoms with E-state index < -0.39 is 5.97 Å². The second-order valence-electron chi connectivity index (χ2n) is 4.33. The summed E-state index contributed by atoms with van der Waals surface area (Å²) in [5.74, 6) is -0.934. The van der Waals surface area contributed by atoms with Crippen LogP contribution in [-0.4, -0.2) is 54.4 Å². The van der Waals surface area contributed by atoms with E-state index in [1.807, 2.05) is 0 Å². The summed E-state index contributed by atoms with van der Waals surface area (Å²) in [5, 5.41) is 11.4. The minimum absolute atomic E-state index is 0.174. The van der Waals surface area contributed by atoms with E-state index in [4.69, 9.17) is 9.84 Å². The summed E-state index contributed by atoms with van der Waals surface area (Å²) in [6, 6.07) is 0.616. The maximum absolute atomic E-state index is 10.2. The first-order valence-electron chi connectivity index (χ1n) is 5.74. The molecule has 90 valence electrons. The van der Waals surface area contributed by atoms with E-state index in [1.54, 1.807) is 0 Å². The Morgan fingerprint density at radius 1 is 1.62 bits per heavy atom. The Kier molecular flexibility index (Phi) is 3.79. The molecule has 2 fully saturated rings. The van der Waals surface area contributed by atoms with E-state index in [2.05, 4.69) is 10.2 Å². The van der Waals surface area contributed by atoms with Gasteiger partial charge in [0.15, 0.2) is 0 Å². The quantitative estimate of drug-likeness (QED) is 0.663. The van der Waals surface area contributed by atoms with Crippen LogP contribution in [0.5, 0.6) is 0 Å². The molecule has 2 atom stereocenters. The number of nitrogens with zero attached hydrogens (tertiary/aromatic N) is 1. The first-order valence-corrected chi connectivity index (χ1v) is 5.74. The monoisotopic (exact) mass is 226 g/mol. The molecular formula is C11H18N2O3. The van der Waals surface area contributed by atoms with Gasteiger partial charge < -0.3 is 15.2 Å². The molecule has 5 heteroatoms. The van der Waals surface area contributed by atoms with Crippen LogP contribution >= 0.6 is 0 Å². The van der Waals surface area contributed by atoms with E-state index >= 15 is 0 Å². The van der Waals surface area contributed by atoms with Crippen LogP contribution in [0, 0.1) is 0 Å². The number of fused-ring (bicyclic) bond motifs is 1. The lowest BCUT2D eigenvalue weighted by molar-refractivity contribution is -0.131. The van der Waals surface area contributed by atoms with E-state index in [-0.39, 0.29) is 6.10 Å². The number of carbonyl (C=O) groups is 1. The number of morpholine rings is 1. The maximum atomic E-state index is 10.2. The summed E-state index contributed by atoms with van der Waals surface area (Å²) < 4.78 is 5.71. The van der Waals surface area contributed by atoms with Crippen LogP contribution in [0.3, 0.4) is 0 Å². The Bertz CT molecular complexity index is 280. The lowest BCUT2D eigenvalue weighted by atomic mass is 10.2. The molecule has 0 aromatic heterocycles. The summed E-state index contributed by atoms with van der Waals surface area (Å²) in [6.07, 6.45) is 5.25. The van der Waals surface area contributed by atoms with Gasteiger partial charge in [0, 0.05) is 31.4 Å². The predicted molar refractivity (Wildman–Crippen MR) is 59.1 cm³/mol. The lowest BCUT2D eigenvalue weighted by Crippen LogP contribution is -2.48. The number of rotatable bonds is 4. The van der Waals surface area contributed by atoms with Crippen LogP contribution in [0.1, 0.15) is 12.8 Å². The number of hydrogen-bond acceptors (Lipinski definition) is 4. The summed E-state index contributed by atoms with van der Waals surface area (Å²) in [6.45, 7) is 3.62. The number of carboxylic acid groups (broad SMARTS) is 1. The summed E-state index contributed by atoms with van der Waals surface area (Å²) in [5.41, 5.74) is 0. The van der Waals surface area contributed by atoms with Gasteiger partial charge >= 0.3 is 5.97 Å². The van der Waals surface area contributed by atoms with Gasteiger partial charge in [0.2, 0.25) is 0 Å². The van der Waals surface area contributed by atoms with Crippen molar-refractivity contribution in [3.8, 4) is 0 Å². The predicted octanol–water partition coefficient (Wildman–Crippen LogP) is 0.0375. The largest absolute Gasteiger partial charge is 0.478 e. The van der Waals surface area contributed by atoms with Crippen molar-refractivity contribution in [3.63, 3.8) is 0 Å². The maximum Gasteiger partial charge on any atom is 0.329 e. The number of carboxylic acids is 1. The molecule has 2 aliphatic heterocycles. The van der Waals surface area contributed by atoms with Crippen molar-refractivity contribution in [3.05, 3.63) is 12.3 Å². The highest BCUT2D eigenvalue weighted by molar-refractivity contribution is 5.79. The molecule has 0 saturated carbocycles. The molecule has 2 unspecified atom stereocenters. The number of nitrogens with one attached hydrogen (secondary N) is 1. The number of ether oxygens (including phenoxy) is 1. The van der Waals surface area contributed by atoms with Gasteiger partial charge in [0.1, 0.15) is 0 Å². The van der Waals surface area contributed by atoms with Crippen molar-refractivity contribution in [1.82, 2.24) is 10.2 Å². The minimum Gasteiger partial charge on any atom is -0.478 e. The second-order valence-corrected chi connectivity index (χ2v) is 4.33. The third-order valence-electron chi connectivity index (χ3n) is 3.15. The fourth-order valence-electron chi connectivity index (χ4n) is 2.34. The lowest BCUT2D eigenvalue weighted by Gasteiger charge is -2.35. The summed E-state index contributed by atoms with van der Waals surface area (Å²) in [7, 11) is 0.